The smallest absolute Gasteiger partial charge is 0.496 e. The van der Waals surface area contributed by atoms with E-state index < -0.39 is 6.36 Å². The van der Waals surface area contributed by atoms with Gasteiger partial charge in [0.05, 0.1) is 24.9 Å². The summed E-state index contributed by atoms with van der Waals surface area (Å²) < 4.78 is 47.8. The van der Waals surface area contributed by atoms with Crippen LogP contribution >= 0.6 is 11.3 Å². The molecule has 0 unspecified atom stereocenters. The zero-order chi connectivity index (χ0) is 21.3. The van der Waals surface area contributed by atoms with Gasteiger partial charge >= 0.3 is 6.36 Å². The maximum Gasteiger partial charge on any atom is 0.573 e. The molecule has 0 fully saturated rings. The molecular formula is C22H17F3N2O2S. The first-order chi connectivity index (χ1) is 14.4. The summed E-state index contributed by atoms with van der Waals surface area (Å²) in [6, 6.07) is 11.6. The first-order valence-corrected chi connectivity index (χ1v) is 9.99. The fourth-order valence-electron chi connectivity index (χ4n) is 3.24. The molecule has 1 aliphatic rings. The summed E-state index contributed by atoms with van der Waals surface area (Å²) >= 11 is 1.62. The van der Waals surface area contributed by atoms with Crippen LogP contribution in [0.3, 0.4) is 0 Å². The molecule has 0 saturated carbocycles. The van der Waals surface area contributed by atoms with E-state index in [4.69, 9.17) is 4.74 Å². The molecular weight excluding hydrogens is 413 g/mol. The standard InChI is InChI=1S/C22H17F3N2O2S/c1-13-11-30-12-17(13)15-8-7-14(9-20(15)28-2)18-10-26-21(27-18)16-5-3-4-6-19(16)29-22(23,24)25/h3-9,11-12H,10H2,1-2H3. The number of alkyl halides is 3. The Hall–Kier alpha value is -3.13. The molecule has 0 spiro atoms. The normalized spacial score (nSPS) is 13.8. The van der Waals surface area contributed by atoms with Crippen LogP contribution < -0.4 is 9.47 Å². The molecule has 1 aromatic heterocycles. The molecule has 0 radical (unpaired) electrons. The van der Waals surface area contributed by atoms with E-state index in [9.17, 15) is 13.2 Å². The van der Waals surface area contributed by atoms with Gasteiger partial charge in [0, 0.05) is 11.1 Å². The van der Waals surface area contributed by atoms with E-state index in [2.05, 4.69) is 25.5 Å². The third kappa shape index (κ3) is 4.09. The molecule has 0 aliphatic carbocycles. The predicted octanol–water partition coefficient (Wildman–Crippen LogP) is 5.88. The predicted molar refractivity (Wildman–Crippen MR) is 112 cm³/mol. The lowest BCUT2D eigenvalue weighted by Crippen LogP contribution is -2.18. The number of hydrogen-bond acceptors (Lipinski definition) is 5. The van der Waals surface area contributed by atoms with E-state index in [-0.39, 0.29) is 23.7 Å². The van der Waals surface area contributed by atoms with Gasteiger partial charge in [0.15, 0.2) is 5.84 Å². The average Bonchev–Trinajstić information content (AvgIpc) is 3.36. The van der Waals surface area contributed by atoms with Gasteiger partial charge < -0.3 is 9.47 Å². The maximum absolute atomic E-state index is 12.7. The van der Waals surface area contributed by atoms with Gasteiger partial charge in [-0.05, 0) is 53.1 Å². The summed E-state index contributed by atoms with van der Waals surface area (Å²) in [6.45, 7) is 2.30. The number of aliphatic imine (C=N–C) groups is 2. The molecule has 2 heterocycles. The van der Waals surface area contributed by atoms with Crippen LogP contribution in [0.2, 0.25) is 0 Å². The first kappa shape index (κ1) is 20.2. The Kier molecular flexibility index (Phi) is 5.34. The number of rotatable bonds is 5. The van der Waals surface area contributed by atoms with Gasteiger partial charge in [-0.3, -0.25) is 4.99 Å². The summed E-state index contributed by atoms with van der Waals surface area (Å²) in [4.78, 5) is 8.79. The number of benzene rings is 2. The molecule has 0 atom stereocenters. The zero-order valence-corrected chi connectivity index (χ0v) is 17.0. The average molecular weight is 430 g/mol. The molecule has 2 aromatic carbocycles. The van der Waals surface area contributed by atoms with Crippen molar-refractivity contribution >= 4 is 22.9 Å². The van der Waals surface area contributed by atoms with Crippen molar-refractivity contribution in [3.8, 4) is 22.6 Å². The Morgan fingerprint density at radius 2 is 1.77 bits per heavy atom. The summed E-state index contributed by atoms with van der Waals surface area (Å²) in [7, 11) is 1.60. The number of methoxy groups -OCH3 is 1. The quantitative estimate of drug-likeness (QED) is 0.507. The summed E-state index contributed by atoms with van der Waals surface area (Å²) in [5, 5.41) is 4.14. The van der Waals surface area contributed by atoms with E-state index in [1.54, 1.807) is 24.5 Å². The summed E-state index contributed by atoms with van der Waals surface area (Å²) in [5.41, 5.74) is 4.89. The Bertz CT molecular complexity index is 1150. The van der Waals surface area contributed by atoms with Crippen LogP contribution in [0.15, 0.2) is 63.2 Å². The fourth-order valence-corrected chi connectivity index (χ4v) is 4.09. The molecule has 30 heavy (non-hydrogen) atoms. The molecule has 0 saturated heterocycles. The SMILES string of the molecule is COc1cc(C2=NC(c3ccccc3OC(F)(F)F)=NC2)ccc1-c1cscc1C. The number of nitrogens with zero attached hydrogens (tertiary/aromatic N) is 2. The van der Waals surface area contributed by atoms with Crippen molar-refractivity contribution in [1.82, 2.24) is 0 Å². The lowest BCUT2D eigenvalue weighted by Gasteiger charge is -2.12. The third-order valence-corrected chi connectivity index (χ3v) is 5.51. The monoisotopic (exact) mass is 430 g/mol. The minimum atomic E-state index is -4.79. The number of thiophene rings is 1. The van der Waals surface area contributed by atoms with Crippen LogP contribution in [0.4, 0.5) is 13.2 Å². The number of aryl methyl sites for hydroxylation is 1. The Labute approximate surface area is 175 Å². The largest absolute Gasteiger partial charge is 0.573 e. The van der Waals surface area contributed by atoms with Gasteiger partial charge in [-0.15, -0.1) is 13.2 Å². The summed E-state index contributed by atoms with van der Waals surface area (Å²) in [5.74, 6) is 0.585. The van der Waals surface area contributed by atoms with Crippen molar-refractivity contribution in [3.63, 3.8) is 0 Å². The highest BCUT2D eigenvalue weighted by atomic mass is 32.1. The summed E-state index contributed by atoms with van der Waals surface area (Å²) in [6.07, 6.45) is -4.79. The van der Waals surface area contributed by atoms with Gasteiger partial charge in [-0.2, -0.15) is 11.3 Å². The van der Waals surface area contributed by atoms with Gasteiger partial charge in [0.1, 0.15) is 11.5 Å². The highest BCUT2D eigenvalue weighted by Crippen LogP contribution is 2.35. The first-order valence-electron chi connectivity index (χ1n) is 9.04. The number of halogens is 3. The Morgan fingerprint density at radius 1 is 0.967 bits per heavy atom. The lowest BCUT2D eigenvalue weighted by atomic mass is 10.0. The maximum atomic E-state index is 12.7. The molecule has 154 valence electrons. The highest BCUT2D eigenvalue weighted by molar-refractivity contribution is 7.08. The van der Waals surface area contributed by atoms with Crippen molar-refractivity contribution in [2.24, 2.45) is 9.98 Å². The van der Waals surface area contributed by atoms with E-state index in [0.717, 1.165) is 22.3 Å². The van der Waals surface area contributed by atoms with Gasteiger partial charge in [0.2, 0.25) is 0 Å². The minimum Gasteiger partial charge on any atom is -0.496 e. The second kappa shape index (κ2) is 7.95. The van der Waals surface area contributed by atoms with Crippen molar-refractivity contribution in [1.29, 1.82) is 0 Å². The second-order valence-electron chi connectivity index (χ2n) is 6.63. The van der Waals surface area contributed by atoms with Crippen LogP contribution in [-0.2, 0) is 0 Å². The second-order valence-corrected chi connectivity index (χ2v) is 7.37. The fraction of sp³-hybridized carbons (Fsp3) is 0.182. The van der Waals surface area contributed by atoms with Crippen LogP contribution in [-0.4, -0.2) is 31.6 Å². The van der Waals surface area contributed by atoms with Crippen LogP contribution in [0.5, 0.6) is 11.5 Å². The van der Waals surface area contributed by atoms with Crippen LogP contribution in [0.1, 0.15) is 16.7 Å². The van der Waals surface area contributed by atoms with E-state index in [1.807, 2.05) is 25.1 Å². The van der Waals surface area contributed by atoms with Gasteiger partial charge in [-0.25, -0.2) is 4.99 Å². The van der Waals surface area contributed by atoms with Crippen molar-refractivity contribution < 1.29 is 22.6 Å². The molecule has 0 bridgehead atoms. The van der Waals surface area contributed by atoms with Crippen LogP contribution in [0.25, 0.3) is 11.1 Å². The molecule has 3 aromatic rings. The zero-order valence-electron chi connectivity index (χ0n) is 16.2. The highest BCUT2D eigenvalue weighted by Gasteiger charge is 2.33. The molecule has 0 amide bonds. The Morgan fingerprint density at radius 3 is 2.47 bits per heavy atom. The number of amidine groups is 1. The molecule has 0 N–H and O–H groups in total. The number of ether oxygens (including phenoxy) is 2. The van der Waals surface area contributed by atoms with E-state index in [0.29, 0.717) is 11.5 Å². The van der Waals surface area contributed by atoms with Gasteiger partial charge in [-0.1, -0.05) is 18.2 Å². The van der Waals surface area contributed by atoms with Crippen molar-refractivity contribution in [2.45, 2.75) is 13.3 Å². The molecule has 4 rings (SSSR count). The van der Waals surface area contributed by atoms with Gasteiger partial charge in [0.25, 0.3) is 0 Å². The van der Waals surface area contributed by atoms with Crippen molar-refractivity contribution in [3.05, 3.63) is 69.9 Å². The minimum absolute atomic E-state index is 0.197. The number of hydrogen-bond donors (Lipinski definition) is 0. The molecule has 8 heteroatoms. The molecule has 1 aliphatic heterocycles. The third-order valence-electron chi connectivity index (χ3n) is 4.65. The van der Waals surface area contributed by atoms with Crippen LogP contribution in [0, 0.1) is 6.92 Å². The van der Waals surface area contributed by atoms with Crippen molar-refractivity contribution in [2.75, 3.05) is 13.7 Å². The Balaban J connectivity index is 1.65. The topological polar surface area (TPSA) is 43.2 Å². The van der Waals surface area contributed by atoms with E-state index in [1.165, 1.54) is 18.2 Å². The lowest BCUT2D eigenvalue weighted by molar-refractivity contribution is -0.274. The van der Waals surface area contributed by atoms with E-state index >= 15 is 0 Å². The number of para-hydroxylation sites is 1. The molecule has 4 nitrogen and oxygen atoms in total.